The van der Waals surface area contributed by atoms with Gasteiger partial charge in [-0.1, -0.05) is 18.2 Å². The molecule has 0 bridgehead atoms. The number of rotatable bonds is 3. The molecule has 0 radical (unpaired) electrons. The molecule has 0 unspecified atom stereocenters. The molecule has 9 nitrogen and oxygen atoms in total. The maximum absolute atomic E-state index is 11.5. The second-order valence-corrected chi connectivity index (χ2v) is 7.48. The van der Waals surface area contributed by atoms with Crippen LogP contribution in [0.25, 0.3) is 22.6 Å². The van der Waals surface area contributed by atoms with Gasteiger partial charge in [-0.15, -0.1) is 0 Å². The summed E-state index contributed by atoms with van der Waals surface area (Å²) in [5.41, 5.74) is 7.74. The first-order valence-electron chi connectivity index (χ1n) is 8.60. The van der Waals surface area contributed by atoms with Crippen molar-refractivity contribution < 1.29 is 17.4 Å². The van der Waals surface area contributed by atoms with Crippen LogP contribution in [-0.2, 0) is 17.2 Å². The fraction of sp³-hybridized carbons (Fsp3) is 0.0500. The van der Waals surface area contributed by atoms with Gasteiger partial charge in [0.1, 0.15) is 15.8 Å². The number of anilines is 1. The molecule has 3 heterocycles. The molecule has 1 aromatic carbocycles. The predicted molar refractivity (Wildman–Crippen MR) is 109 cm³/mol. The van der Waals surface area contributed by atoms with Gasteiger partial charge in [0, 0.05) is 36.6 Å². The van der Waals surface area contributed by atoms with E-state index in [1.807, 2.05) is 0 Å². The third-order valence-corrected chi connectivity index (χ3v) is 4.84. The SMILES string of the molecule is Cn1cc(-c2cnc(N)nc2-c2ccco2)ccc1=O.O=S(=O)([O-])c1ccccc1. The minimum atomic E-state index is -4.25. The van der Waals surface area contributed by atoms with Crippen molar-refractivity contribution in [3.63, 3.8) is 0 Å². The van der Waals surface area contributed by atoms with E-state index in [9.17, 15) is 17.8 Å². The van der Waals surface area contributed by atoms with E-state index in [4.69, 9.17) is 10.2 Å². The predicted octanol–water partition coefficient (Wildman–Crippen LogP) is 2.28. The van der Waals surface area contributed by atoms with Crippen molar-refractivity contribution in [2.45, 2.75) is 4.90 Å². The van der Waals surface area contributed by atoms with Gasteiger partial charge in [-0.2, -0.15) is 0 Å². The minimum Gasteiger partial charge on any atom is -0.744 e. The molecular weight excluding hydrogens is 408 g/mol. The quantitative estimate of drug-likeness (QED) is 0.492. The number of nitrogens with zero attached hydrogens (tertiary/aromatic N) is 3. The molecule has 0 fully saturated rings. The van der Waals surface area contributed by atoms with Gasteiger partial charge in [-0.25, -0.2) is 18.4 Å². The number of benzene rings is 1. The molecule has 0 spiro atoms. The lowest BCUT2D eigenvalue weighted by Gasteiger charge is -2.08. The second kappa shape index (κ2) is 8.72. The molecule has 154 valence electrons. The van der Waals surface area contributed by atoms with Crippen molar-refractivity contribution in [1.29, 1.82) is 0 Å². The summed E-state index contributed by atoms with van der Waals surface area (Å²) in [5.74, 6) is 0.771. The Morgan fingerprint density at radius 3 is 2.37 bits per heavy atom. The Labute approximate surface area is 172 Å². The largest absolute Gasteiger partial charge is 0.744 e. The molecule has 0 saturated carbocycles. The minimum absolute atomic E-state index is 0.0790. The van der Waals surface area contributed by atoms with Crippen LogP contribution in [0.2, 0.25) is 0 Å². The van der Waals surface area contributed by atoms with Gasteiger partial charge in [0.2, 0.25) is 11.5 Å². The molecule has 2 N–H and O–H groups in total. The van der Waals surface area contributed by atoms with Gasteiger partial charge in [-0.05, 0) is 30.3 Å². The summed E-state index contributed by atoms with van der Waals surface area (Å²) in [7, 11) is -2.56. The first-order valence-corrected chi connectivity index (χ1v) is 10.0. The van der Waals surface area contributed by atoms with E-state index in [0.29, 0.717) is 11.5 Å². The van der Waals surface area contributed by atoms with E-state index in [2.05, 4.69) is 9.97 Å². The van der Waals surface area contributed by atoms with E-state index in [0.717, 1.165) is 11.1 Å². The smallest absolute Gasteiger partial charge is 0.250 e. The lowest BCUT2D eigenvalue weighted by molar-refractivity contribution is 0.463. The number of pyridine rings is 1. The Morgan fingerprint density at radius 2 is 1.80 bits per heavy atom. The molecular formula is C20H17N4O5S-. The zero-order valence-electron chi connectivity index (χ0n) is 15.8. The molecule has 0 aliphatic rings. The Bertz CT molecular complexity index is 1300. The van der Waals surface area contributed by atoms with Crippen molar-refractivity contribution >= 4 is 16.1 Å². The number of nitrogen functional groups attached to an aromatic ring is 1. The Hall–Kier alpha value is -3.76. The standard InChI is InChI=1S/C14H12N4O2.C6H6O3S/c1-18-8-9(4-5-12(18)19)10-7-16-14(15)17-13(10)11-3-2-6-20-11;7-10(8,9)6-4-2-1-3-5-6/h2-8H,1H3,(H2,15,16,17);1-5H,(H,7,8,9)/p-1. The van der Waals surface area contributed by atoms with Crippen molar-refractivity contribution in [2.75, 3.05) is 5.73 Å². The molecule has 4 aromatic rings. The highest BCUT2D eigenvalue weighted by atomic mass is 32.2. The molecule has 0 aliphatic carbocycles. The monoisotopic (exact) mass is 425 g/mol. The summed E-state index contributed by atoms with van der Waals surface area (Å²) in [6, 6.07) is 14.0. The molecule has 0 saturated heterocycles. The van der Waals surface area contributed by atoms with Gasteiger partial charge in [0.25, 0.3) is 0 Å². The highest BCUT2D eigenvalue weighted by Gasteiger charge is 2.13. The first kappa shape index (κ1) is 21.0. The highest BCUT2D eigenvalue weighted by Crippen LogP contribution is 2.30. The molecule has 30 heavy (non-hydrogen) atoms. The van der Waals surface area contributed by atoms with Gasteiger partial charge in [-0.3, -0.25) is 4.79 Å². The first-order chi connectivity index (χ1) is 14.3. The van der Waals surface area contributed by atoms with Crippen LogP contribution in [0, 0.1) is 0 Å². The molecule has 4 rings (SSSR count). The summed E-state index contributed by atoms with van der Waals surface area (Å²) >= 11 is 0. The van der Waals surface area contributed by atoms with E-state index in [-0.39, 0.29) is 16.4 Å². The normalized spacial score (nSPS) is 10.9. The number of furan rings is 1. The third-order valence-electron chi connectivity index (χ3n) is 3.99. The van der Waals surface area contributed by atoms with Gasteiger partial charge < -0.3 is 19.3 Å². The van der Waals surface area contributed by atoms with Crippen LogP contribution >= 0.6 is 0 Å². The van der Waals surface area contributed by atoms with Gasteiger partial charge in [0.05, 0.1) is 11.2 Å². The number of aryl methyl sites for hydroxylation is 1. The molecule has 0 aliphatic heterocycles. The van der Waals surface area contributed by atoms with Crippen LogP contribution < -0.4 is 11.3 Å². The van der Waals surface area contributed by atoms with E-state index in [1.54, 1.807) is 50.0 Å². The van der Waals surface area contributed by atoms with Crippen LogP contribution in [0.3, 0.4) is 0 Å². The average molecular weight is 425 g/mol. The number of hydrogen-bond acceptors (Lipinski definition) is 8. The third kappa shape index (κ3) is 4.99. The van der Waals surface area contributed by atoms with Crippen LogP contribution in [0.5, 0.6) is 0 Å². The van der Waals surface area contributed by atoms with Crippen LogP contribution in [0.1, 0.15) is 0 Å². The zero-order chi connectivity index (χ0) is 21.7. The van der Waals surface area contributed by atoms with E-state index in [1.165, 1.54) is 34.9 Å². The summed E-state index contributed by atoms with van der Waals surface area (Å²) in [6.45, 7) is 0. The lowest BCUT2D eigenvalue weighted by Crippen LogP contribution is -2.14. The lowest BCUT2D eigenvalue weighted by atomic mass is 10.1. The highest BCUT2D eigenvalue weighted by molar-refractivity contribution is 7.85. The van der Waals surface area contributed by atoms with E-state index >= 15 is 0 Å². The molecule has 0 amide bonds. The van der Waals surface area contributed by atoms with Crippen molar-refractivity contribution in [3.8, 4) is 22.6 Å². The van der Waals surface area contributed by atoms with Gasteiger partial charge in [0.15, 0.2) is 5.76 Å². The Morgan fingerprint density at radius 1 is 1.07 bits per heavy atom. The van der Waals surface area contributed by atoms with Crippen molar-refractivity contribution in [3.05, 3.63) is 83.6 Å². The Kier molecular flexibility index (Phi) is 6.09. The van der Waals surface area contributed by atoms with Crippen LogP contribution in [0.15, 0.2) is 87.4 Å². The van der Waals surface area contributed by atoms with Crippen molar-refractivity contribution in [2.24, 2.45) is 7.05 Å². The van der Waals surface area contributed by atoms with Gasteiger partial charge >= 0.3 is 0 Å². The fourth-order valence-electron chi connectivity index (χ4n) is 2.55. The van der Waals surface area contributed by atoms with Crippen LogP contribution in [-0.4, -0.2) is 27.5 Å². The van der Waals surface area contributed by atoms with E-state index < -0.39 is 10.1 Å². The topological polar surface area (TPSA) is 144 Å². The summed E-state index contributed by atoms with van der Waals surface area (Å²) in [5, 5.41) is 0. The maximum atomic E-state index is 11.5. The summed E-state index contributed by atoms with van der Waals surface area (Å²) < 4.78 is 37.7. The molecule has 10 heteroatoms. The molecule has 3 aromatic heterocycles. The summed E-state index contributed by atoms with van der Waals surface area (Å²) in [4.78, 5) is 19.5. The second-order valence-electron chi connectivity index (χ2n) is 6.10. The average Bonchev–Trinajstić information content (AvgIpc) is 3.25. The summed E-state index contributed by atoms with van der Waals surface area (Å²) in [6.07, 6.45) is 4.92. The fourth-order valence-corrected chi connectivity index (χ4v) is 3.04. The number of hydrogen-bond donors (Lipinski definition) is 1. The zero-order valence-corrected chi connectivity index (χ0v) is 16.6. The number of aromatic nitrogens is 3. The van der Waals surface area contributed by atoms with Crippen LogP contribution in [0.4, 0.5) is 5.95 Å². The molecule has 0 atom stereocenters. The number of nitrogens with two attached hydrogens (primary N) is 1. The maximum Gasteiger partial charge on any atom is 0.250 e. The van der Waals surface area contributed by atoms with Crippen molar-refractivity contribution in [1.82, 2.24) is 14.5 Å². The Balaban J connectivity index is 0.000000216.